The van der Waals surface area contributed by atoms with Crippen molar-refractivity contribution in [1.82, 2.24) is 30.6 Å². The Morgan fingerprint density at radius 2 is 1.97 bits per heavy atom. The molecule has 1 saturated carbocycles. The van der Waals surface area contributed by atoms with Crippen LogP contribution in [0.25, 0.3) is 11.4 Å². The van der Waals surface area contributed by atoms with E-state index in [9.17, 15) is 4.79 Å². The second-order valence-electron chi connectivity index (χ2n) is 7.79. The van der Waals surface area contributed by atoms with E-state index in [1.54, 1.807) is 12.1 Å². The smallest absolute Gasteiger partial charge is 0.248 e. The molecule has 2 aromatic rings. The van der Waals surface area contributed by atoms with Gasteiger partial charge in [-0.3, -0.25) is 9.69 Å². The van der Waals surface area contributed by atoms with E-state index in [0.717, 1.165) is 57.1 Å². The summed E-state index contributed by atoms with van der Waals surface area (Å²) in [6, 6.07) is 7.71. The molecule has 0 bridgehead atoms. The summed E-state index contributed by atoms with van der Waals surface area (Å²) >= 11 is 5.93. The van der Waals surface area contributed by atoms with Gasteiger partial charge in [0.2, 0.25) is 17.6 Å². The van der Waals surface area contributed by atoms with E-state index in [1.807, 2.05) is 19.1 Å². The molecule has 0 unspecified atom stereocenters. The molecule has 10 heteroatoms. The van der Waals surface area contributed by atoms with Gasteiger partial charge >= 0.3 is 0 Å². The molecule has 1 saturated heterocycles. The second kappa shape index (κ2) is 10.1. The first-order valence-electron chi connectivity index (χ1n) is 10.7. The average Bonchev–Trinajstić information content (AvgIpc) is 3.45. The quantitative estimate of drug-likeness (QED) is 0.494. The Bertz CT molecular complexity index is 903. The third kappa shape index (κ3) is 6.18. The zero-order valence-electron chi connectivity index (χ0n) is 17.7. The fourth-order valence-corrected chi connectivity index (χ4v) is 3.55. The topological polar surface area (TPSA) is 98.9 Å². The van der Waals surface area contributed by atoms with Gasteiger partial charge in [0, 0.05) is 49.4 Å². The highest BCUT2D eigenvalue weighted by Gasteiger charge is 2.26. The van der Waals surface area contributed by atoms with E-state index < -0.39 is 0 Å². The summed E-state index contributed by atoms with van der Waals surface area (Å²) in [4.78, 5) is 25.5. The Morgan fingerprint density at radius 3 is 2.65 bits per heavy atom. The number of halogens is 1. The van der Waals surface area contributed by atoms with E-state index in [0.29, 0.717) is 35.9 Å². The lowest BCUT2D eigenvalue weighted by Crippen LogP contribution is -2.54. The van der Waals surface area contributed by atoms with Crippen LogP contribution >= 0.6 is 11.6 Å². The molecular formula is C21H28ClN7O2. The molecule has 9 nitrogen and oxygen atoms in total. The number of carbonyl (C=O) groups is 1. The van der Waals surface area contributed by atoms with Gasteiger partial charge < -0.3 is 20.1 Å². The Balaban J connectivity index is 1.31. The van der Waals surface area contributed by atoms with Crippen molar-refractivity contribution in [2.75, 3.05) is 39.3 Å². The number of nitrogens with zero attached hydrogens (tertiary/aromatic N) is 5. The van der Waals surface area contributed by atoms with Gasteiger partial charge in [-0.25, -0.2) is 4.99 Å². The average molecular weight is 446 g/mol. The maximum atomic E-state index is 12.0. The molecule has 1 aromatic heterocycles. The molecule has 2 heterocycles. The summed E-state index contributed by atoms with van der Waals surface area (Å²) < 4.78 is 5.36. The molecule has 2 aliphatic rings. The van der Waals surface area contributed by atoms with Gasteiger partial charge in [0.25, 0.3) is 0 Å². The SMILES string of the molecule is CCNC(=NCc1nc(-c2ccc(Cl)cc2)no1)N1CCN(CC(=O)NC2CC2)CC1. The van der Waals surface area contributed by atoms with Crippen LogP contribution in [-0.2, 0) is 11.3 Å². The van der Waals surface area contributed by atoms with Gasteiger partial charge in [0.1, 0.15) is 6.54 Å². The van der Waals surface area contributed by atoms with Crippen LogP contribution in [0.15, 0.2) is 33.8 Å². The number of aromatic nitrogens is 2. The van der Waals surface area contributed by atoms with E-state index in [4.69, 9.17) is 16.1 Å². The maximum absolute atomic E-state index is 12.0. The van der Waals surface area contributed by atoms with Gasteiger partial charge in [0.05, 0.1) is 6.54 Å². The normalized spacial score (nSPS) is 17.6. The Labute approximate surface area is 186 Å². The number of benzene rings is 1. The van der Waals surface area contributed by atoms with Gasteiger partial charge in [-0.2, -0.15) is 4.98 Å². The summed E-state index contributed by atoms with van der Waals surface area (Å²) in [7, 11) is 0. The van der Waals surface area contributed by atoms with Crippen molar-refractivity contribution in [2.24, 2.45) is 4.99 Å². The number of piperazine rings is 1. The van der Waals surface area contributed by atoms with Crippen LogP contribution in [0, 0.1) is 0 Å². The van der Waals surface area contributed by atoms with Gasteiger partial charge in [-0.1, -0.05) is 16.8 Å². The molecule has 166 valence electrons. The van der Waals surface area contributed by atoms with Crippen LogP contribution < -0.4 is 10.6 Å². The van der Waals surface area contributed by atoms with Crippen LogP contribution in [0.2, 0.25) is 5.02 Å². The van der Waals surface area contributed by atoms with Crippen molar-refractivity contribution in [2.45, 2.75) is 32.4 Å². The highest BCUT2D eigenvalue weighted by molar-refractivity contribution is 6.30. The van der Waals surface area contributed by atoms with Gasteiger partial charge in [-0.05, 0) is 44.0 Å². The first kappa shape index (κ1) is 21.6. The molecule has 1 amide bonds. The predicted molar refractivity (Wildman–Crippen MR) is 119 cm³/mol. The van der Waals surface area contributed by atoms with E-state index in [2.05, 4.69) is 35.6 Å². The Kier molecular flexibility index (Phi) is 7.03. The summed E-state index contributed by atoms with van der Waals surface area (Å²) in [5.41, 5.74) is 0.845. The molecule has 0 radical (unpaired) electrons. The van der Waals surface area contributed by atoms with E-state index in [-0.39, 0.29) is 5.91 Å². The summed E-state index contributed by atoms with van der Waals surface area (Å²) in [6.45, 7) is 6.83. The third-order valence-corrected chi connectivity index (χ3v) is 5.50. The van der Waals surface area contributed by atoms with Crippen LogP contribution in [0.5, 0.6) is 0 Å². The first-order valence-corrected chi connectivity index (χ1v) is 11.1. The third-order valence-electron chi connectivity index (χ3n) is 5.25. The molecule has 0 spiro atoms. The molecule has 0 atom stereocenters. The number of guanidine groups is 1. The molecule has 2 fully saturated rings. The number of hydrogen-bond acceptors (Lipinski definition) is 6. The summed E-state index contributed by atoms with van der Waals surface area (Å²) in [5.74, 6) is 1.92. The van der Waals surface area contributed by atoms with Gasteiger partial charge in [0.15, 0.2) is 5.96 Å². The van der Waals surface area contributed by atoms with E-state index >= 15 is 0 Å². The molecule has 2 N–H and O–H groups in total. The number of rotatable bonds is 7. The number of nitrogens with one attached hydrogen (secondary N) is 2. The summed E-state index contributed by atoms with van der Waals surface area (Å²) in [5, 5.41) is 11.1. The van der Waals surface area contributed by atoms with Gasteiger partial charge in [-0.15, -0.1) is 0 Å². The first-order chi connectivity index (χ1) is 15.1. The highest BCUT2D eigenvalue weighted by Crippen LogP contribution is 2.19. The van der Waals surface area contributed by atoms with Crippen molar-refractivity contribution < 1.29 is 9.32 Å². The van der Waals surface area contributed by atoms with Crippen LogP contribution in [0.4, 0.5) is 0 Å². The largest absolute Gasteiger partial charge is 0.357 e. The minimum absolute atomic E-state index is 0.129. The summed E-state index contributed by atoms with van der Waals surface area (Å²) in [6.07, 6.45) is 2.23. The van der Waals surface area contributed by atoms with E-state index in [1.165, 1.54) is 0 Å². The van der Waals surface area contributed by atoms with Crippen molar-refractivity contribution in [1.29, 1.82) is 0 Å². The molecule has 1 aliphatic heterocycles. The van der Waals surface area contributed by atoms with Crippen molar-refractivity contribution >= 4 is 23.5 Å². The van der Waals surface area contributed by atoms with Crippen molar-refractivity contribution in [3.8, 4) is 11.4 Å². The maximum Gasteiger partial charge on any atom is 0.248 e. The number of amides is 1. The fourth-order valence-electron chi connectivity index (χ4n) is 3.43. The lowest BCUT2D eigenvalue weighted by atomic mass is 10.2. The molecule has 4 rings (SSSR count). The zero-order chi connectivity index (χ0) is 21.6. The number of carbonyl (C=O) groups excluding carboxylic acids is 1. The number of hydrogen-bond donors (Lipinski definition) is 2. The minimum atomic E-state index is 0.129. The predicted octanol–water partition coefficient (Wildman–Crippen LogP) is 1.75. The highest BCUT2D eigenvalue weighted by atomic mass is 35.5. The van der Waals surface area contributed by atoms with Crippen molar-refractivity contribution in [3.05, 3.63) is 35.2 Å². The Hall–Kier alpha value is -2.65. The minimum Gasteiger partial charge on any atom is -0.357 e. The monoisotopic (exact) mass is 445 g/mol. The fraction of sp³-hybridized carbons (Fsp3) is 0.524. The standard InChI is InChI=1S/C21H28ClN7O2/c1-2-23-21(29-11-9-28(10-12-29)14-18(30)25-17-7-8-17)24-13-19-26-20(27-31-19)15-3-5-16(22)6-4-15/h3-6,17H,2,7-14H2,1H3,(H,23,24)(H,25,30). The van der Waals surface area contributed by atoms with Crippen LogP contribution in [-0.4, -0.2) is 77.1 Å². The second-order valence-corrected chi connectivity index (χ2v) is 8.23. The molecular weight excluding hydrogens is 418 g/mol. The lowest BCUT2D eigenvalue weighted by Gasteiger charge is -2.36. The molecule has 1 aromatic carbocycles. The van der Waals surface area contributed by atoms with Crippen LogP contribution in [0.3, 0.4) is 0 Å². The zero-order valence-corrected chi connectivity index (χ0v) is 18.4. The van der Waals surface area contributed by atoms with Crippen molar-refractivity contribution in [3.63, 3.8) is 0 Å². The lowest BCUT2D eigenvalue weighted by molar-refractivity contribution is -0.122. The molecule has 1 aliphatic carbocycles. The van der Waals surface area contributed by atoms with Crippen LogP contribution in [0.1, 0.15) is 25.7 Å². The Morgan fingerprint density at radius 1 is 1.23 bits per heavy atom. The number of aliphatic imine (C=N–C) groups is 1. The molecule has 31 heavy (non-hydrogen) atoms.